The SMILES string of the molecule is N=Cc1ccc(Nc2nc3c(c(NC4CCC4)n2)C(=O)CN3)cc1N. The Balaban J connectivity index is 1.65. The summed E-state index contributed by atoms with van der Waals surface area (Å²) in [6, 6.07) is 5.66. The highest BCUT2D eigenvalue weighted by atomic mass is 16.1. The predicted molar refractivity (Wildman–Crippen MR) is 98.1 cm³/mol. The van der Waals surface area contributed by atoms with Crippen molar-refractivity contribution in [3.05, 3.63) is 29.3 Å². The van der Waals surface area contributed by atoms with E-state index in [1.807, 2.05) is 6.07 Å². The number of hydrogen-bond acceptors (Lipinski definition) is 8. The maximum atomic E-state index is 12.1. The lowest BCUT2D eigenvalue weighted by Gasteiger charge is -2.27. The summed E-state index contributed by atoms with van der Waals surface area (Å²) in [7, 11) is 0. The van der Waals surface area contributed by atoms with E-state index in [4.69, 9.17) is 11.1 Å². The average molecular weight is 337 g/mol. The third-order valence-electron chi connectivity index (χ3n) is 4.55. The second-order valence-electron chi connectivity index (χ2n) is 6.28. The zero-order chi connectivity index (χ0) is 17.4. The highest BCUT2D eigenvalue weighted by molar-refractivity contribution is 6.11. The van der Waals surface area contributed by atoms with E-state index in [-0.39, 0.29) is 12.3 Å². The molecule has 0 bridgehead atoms. The molecule has 1 saturated carbocycles. The van der Waals surface area contributed by atoms with Crippen molar-refractivity contribution < 1.29 is 4.79 Å². The van der Waals surface area contributed by atoms with Gasteiger partial charge in [-0.1, -0.05) is 0 Å². The van der Waals surface area contributed by atoms with E-state index in [9.17, 15) is 4.79 Å². The van der Waals surface area contributed by atoms with Crippen LogP contribution >= 0.6 is 0 Å². The van der Waals surface area contributed by atoms with Gasteiger partial charge < -0.3 is 27.1 Å². The first kappa shape index (κ1) is 15.4. The van der Waals surface area contributed by atoms with E-state index in [0.717, 1.165) is 18.5 Å². The largest absolute Gasteiger partial charge is 0.398 e. The van der Waals surface area contributed by atoms with E-state index >= 15 is 0 Å². The van der Waals surface area contributed by atoms with Crippen LogP contribution in [-0.2, 0) is 0 Å². The summed E-state index contributed by atoms with van der Waals surface area (Å²) in [5.41, 5.74) is 8.33. The van der Waals surface area contributed by atoms with Gasteiger partial charge in [-0.25, -0.2) is 0 Å². The van der Waals surface area contributed by atoms with Crippen LogP contribution in [0.5, 0.6) is 0 Å². The van der Waals surface area contributed by atoms with Crippen LogP contribution in [0.4, 0.5) is 29.0 Å². The molecule has 1 aromatic heterocycles. The molecular formula is C17H19N7O. The minimum atomic E-state index is 0.00274. The lowest BCUT2D eigenvalue weighted by molar-refractivity contribution is 0.101. The number of nitrogen functional groups attached to an aromatic ring is 1. The summed E-state index contributed by atoms with van der Waals surface area (Å²) in [6.07, 6.45) is 4.58. The number of carbonyl (C=O) groups is 1. The maximum absolute atomic E-state index is 12.1. The number of anilines is 5. The first-order valence-corrected chi connectivity index (χ1v) is 8.26. The molecule has 2 heterocycles. The molecule has 1 aliphatic carbocycles. The van der Waals surface area contributed by atoms with Gasteiger partial charge in [-0.3, -0.25) is 4.79 Å². The number of hydrogen-bond donors (Lipinski definition) is 5. The molecule has 6 N–H and O–H groups in total. The number of nitrogens with one attached hydrogen (secondary N) is 4. The molecule has 1 fully saturated rings. The first-order chi connectivity index (χ1) is 12.1. The van der Waals surface area contributed by atoms with Crippen molar-refractivity contribution in [2.45, 2.75) is 25.3 Å². The number of benzene rings is 1. The van der Waals surface area contributed by atoms with E-state index in [1.165, 1.54) is 12.6 Å². The summed E-state index contributed by atoms with van der Waals surface area (Å²) < 4.78 is 0. The Morgan fingerprint density at radius 1 is 1.32 bits per heavy atom. The third kappa shape index (κ3) is 2.86. The van der Waals surface area contributed by atoms with Crippen molar-refractivity contribution in [2.75, 3.05) is 28.2 Å². The van der Waals surface area contributed by atoms with Crippen LogP contribution in [0.2, 0.25) is 0 Å². The molecule has 1 aliphatic heterocycles. The topological polar surface area (TPSA) is 129 Å². The lowest BCUT2D eigenvalue weighted by Crippen LogP contribution is -2.28. The average Bonchev–Trinajstić information content (AvgIpc) is 2.92. The van der Waals surface area contributed by atoms with E-state index in [0.29, 0.717) is 40.4 Å². The highest BCUT2D eigenvalue weighted by Crippen LogP contribution is 2.32. The van der Waals surface area contributed by atoms with Crippen LogP contribution in [-0.4, -0.2) is 34.6 Å². The Bertz CT molecular complexity index is 860. The van der Waals surface area contributed by atoms with Gasteiger partial charge in [0, 0.05) is 29.2 Å². The number of Topliss-reactive ketones (excluding diaryl/α,β-unsaturated/α-hetero) is 1. The van der Waals surface area contributed by atoms with Crippen LogP contribution in [0, 0.1) is 5.41 Å². The normalized spacial score (nSPS) is 15.9. The zero-order valence-corrected chi connectivity index (χ0v) is 13.6. The fourth-order valence-corrected chi connectivity index (χ4v) is 2.92. The van der Waals surface area contributed by atoms with Crippen LogP contribution in [0.1, 0.15) is 35.2 Å². The number of aromatic nitrogens is 2. The van der Waals surface area contributed by atoms with Gasteiger partial charge in [-0.15, -0.1) is 0 Å². The molecule has 0 amide bonds. The third-order valence-corrected chi connectivity index (χ3v) is 4.55. The summed E-state index contributed by atoms with van der Waals surface area (Å²) in [5, 5.41) is 16.8. The monoisotopic (exact) mass is 337 g/mol. The van der Waals surface area contributed by atoms with Crippen LogP contribution in [0.25, 0.3) is 0 Å². The number of ketones is 1. The Labute approximate surface area is 144 Å². The minimum absolute atomic E-state index is 0.00274. The smallest absolute Gasteiger partial charge is 0.231 e. The molecule has 0 atom stereocenters. The van der Waals surface area contributed by atoms with E-state index in [1.54, 1.807) is 12.1 Å². The fourth-order valence-electron chi connectivity index (χ4n) is 2.92. The van der Waals surface area contributed by atoms with Crippen molar-refractivity contribution in [3.8, 4) is 0 Å². The minimum Gasteiger partial charge on any atom is -0.398 e. The predicted octanol–water partition coefficient (Wildman–Crippen LogP) is 2.37. The molecule has 0 radical (unpaired) electrons. The first-order valence-electron chi connectivity index (χ1n) is 8.26. The van der Waals surface area contributed by atoms with Gasteiger partial charge in [0.2, 0.25) is 5.95 Å². The van der Waals surface area contributed by atoms with Gasteiger partial charge >= 0.3 is 0 Å². The number of rotatable bonds is 5. The van der Waals surface area contributed by atoms with Gasteiger partial charge in [0.25, 0.3) is 0 Å². The maximum Gasteiger partial charge on any atom is 0.231 e. The Kier molecular flexibility index (Phi) is 3.72. The van der Waals surface area contributed by atoms with E-state index in [2.05, 4.69) is 25.9 Å². The molecule has 8 heteroatoms. The molecule has 25 heavy (non-hydrogen) atoms. The molecule has 0 saturated heterocycles. The number of nitrogens with zero attached hydrogens (tertiary/aromatic N) is 2. The quantitative estimate of drug-likeness (QED) is 0.418. The van der Waals surface area contributed by atoms with Crippen molar-refractivity contribution in [1.29, 1.82) is 5.41 Å². The molecular weight excluding hydrogens is 318 g/mol. The number of nitrogens with two attached hydrogens (primary N) is 1. The second-order valence-corrected chi connectivity index (χ2v) is 6.28. The van der Waals surface area contributed by atoms with E-state index < -0.39 is 0 Å². The molecule has 0 spiro atoms. The van der Waals surface area contributed by atoms with Crippen molar-refractivity contribution in [3.63, 3.8) is 0 Å². The molecule has 1 aromatic carbocycles. The van der Waals surface area contributed by atoms with Crippen LogP contribution in [0.3, 0.4) is 0 Å². The van der Waals surface area contributed by atoms with Gasteiger partial charge in [-0.05, 0) is 37.5 Å². The molecule has 2 aliphatic rings. The molecule has 4 rings (SSSR count). The lowest BCUT2D eigenvalue weighted by atomic mass is 9.93. The second kappa shape index (κ2) is 6.04. The highest BCUT2D eigenvalue weighted by Gasteiger charge is 2.29. The Morgan fingerprint density at radius 3 is 2.84 bits per heavy atom. The standard InChI is InChI=1S/C17H19N7O/c18-7-9-4-5-11(6-12(9)19)22-17-23-15-14(13(25)8-20-15)16(24-17)21-10-2-1-3-10/h4-7,10,18H,1-3,8,19H2,(H3,20,21,22,23,24). The van der Waals surface area contributed by atoms with Gasteiger partial charge in [-0.2, -0.15) is 9.97 Å². The fraction of sp³-hybridized carbons (Fsp3) is 0.294. The summed E-state index contributed by atoms with van der Waals surface area (Å²) in [5.74, 6) is 1.53. The van der Waals surface area contributed by atoms with Crippen LogP contribution in [0.15, 0.2) is 18.2 Å². The van der Waals surface area contributed by atoms with Crippen LogP contribution < -0.4 is 21.7 Å². The van der Waals surface area contributed by atoms with Gasteiger partial charge in [0.1, 0.15) is 17.2 Å². The molecule has 2 aromatic rings. The zero-order valence-electron chi connectivity index (χ0n) is 13.6. The Hall–Kier alpha value is -3.16. The Morgan fingerprint density at radius 2 is 2.16 bits per heavy atom. The number of carbonyl (C=O) groups excluding carboxylic acids is 1. The molecule has 8 nitrogen and oxygen atoms in total. The van der Waals surface area contributed by atoms with Crippen molar-refractivity contribution >= 4 is 41.0 Å². The van der Waals surface area contributed by atoms with Crippen molar-refractivity contribution in [1.82, 2.24) is 9.97 Å². The molecule has 0 unspecified atom stereocenters. The van der Waals surface area contributed by atoms with Crippen molar-refractivity contribution in [2.24, 2.45) is 0 Å². The summed E-state index contributed by atoms with van der Waals surface area (Å²) in [4.78, 5) is 21.0. The summed E-state index contributed by atoms with van der Waals surface area (Å²) >= 11 is 0. The molecule has 128 valence electrons. The number of fused-ring (bicyclic) bond motifs is 1. The van der Waals surface area contributed by atoms with Gasteiger partial charge in [0.05, 0.1) is 6.54 Å². The summed E-state index contributed by atoms with van der Waals surface area (Å²) in [6.45, 7) is 0.244. The van der Waals surface area contributed by atoms with Gasteiger partial charge in [0.15, 0.2) is 5.78 Å².